The zero-order valence-corrected chi connectivity index (χ0v) is 13.5. The van der Waals surface area contributed by atoms with E-state index in [1.54, 1.807) is 32.0 Å². The maximum atomic E-state index is 12.8. The monoisotopic (exact) mass is 340 g/mol. The first-order chi connectivity index (χ1) is 10.3. The number of carbonyl (C=O) groups is 1. The van der Waals surface area contributed by atoms with Crippen LogP contribution in [0.25, 0.3) is 0 Å². The molecule has 2 unspecified atom stereocenters. The fourth-order valence-corrected chi connectivity index (χ4v) is 3.12. The molecule has 1 N–H and O–H groups in total. The van der Waals surface area contributed by atoms with Gasteiger partial charge in [-0.05, 0) is 32.0 Å². The minimum atomic E-state index is -0.973. The number of nitrogens with zero attached hydrogens (tertiary/aromatic N) is 4. The maximum Gasteiger partial charge on any atom is 0.237 e. The van der Waals surface area contributed by atoms with Crippen LogP contribution in [0.1, 0.15) is 20.0 Å². The highest BCUT2D eigenvalue weighted by molar-refractivity contribution is 6.36. The summed E-state index contributed by atoms with van der Waals surface area (Å²) in [4.78, 5) is 18.1. The summed E-state index contributed by atoms with van der Waals surface area (Å²) in [5.74, 6) is -0.246. The molecule has 3 rings (SSSR count). The molecule has 1 saturated heterocycles. The van der Waals surface area contributed by atoms with Crippen LogP contribution in [-0.2, 0) is 4.79 Å². The third-order valence-electron chi connectivity index (χ3n) is 3.93. The summed E-state index contributed by atoms with van der Waals surface area (Å²) in [7, 11) is 0. The van der Waals surface area contributed by atoms with Crippen molar-refractivity contribution in [3.63, 3.8) is 0 Å². The Morgan fingerprint density at radius 2 is 2.05 bits per heavy atom. The van der Waals surface area contributed by atoms with Crippen LogP contribution in [0.2, 0.25) is 10.0 Å². The molecule has 0 radical (unpaired) electrons. The van der Waals surface area contributed by atoms with Gasteiger partial charge in [0.05, 0.1) is 16.1 Å². The summed E-state index contributed by atoms with van der Waals surface area (Å²) < 4.78 is 1.45. The number of aromatic nitrogens is 3. The molecule has 2 heterocycles. The Hall–Kier alpha value is -1.63. The molecule has 1 aromatic heterocycles. The fourth-order valence-electron chi connectivity index (χ4n) is 2.62. The summed E-state index contributed by atoms with van der Waals surface area (Å²) in [6.45, 7) is 3.38. The van der Waals surface area contributed by atoms with Gasteiger partial charge in [0.25, 0.3) is 0 Å². The molecule has 0 saturated carbocycles. The summed E-state index contributed by atoms with van der Waals surface area (Å²) in [5, 5.41) is 15.5. The SMILES string of the molecule is CC1(C)C(=O)N(c2ccc(Cl)cc2Cl)C(n2cncn2)C1O. The minimum absolute atomic E-state index is 0.246. The Morgan fingerprint density at radius 3 is 2.64 bits per heavy atom. The van der Waals surface area contributed by atoms with Crippen molar-refractivity contribution in [1.82, 2.24) is 14.8 Å². The Labute approximate surface area is 137 Å². The van der Waals surface area contributed by atoms with E-state index in [9.17, 15) is 9.90 Å². The lowest BCUT2D eigenvalue weighted by Crippen LogP contribution is -2.34. The standard InChI is InChI=1S/C14H14Cl2N4O2/c1-14(2)11(21)12(19-7-17-6-18-19)20(13(14)22)10-4-3-8(15)5-9(10)16/h3-7,11-12,21H,1-2H3. The quantitative estimate of drug-likeness (QED) is 0.911. The van der Waals surface area contributed by atoms with Gasteiger partial charge in [-0.15, -0.1) is 0 Å². The lowest BCUT2D eigenvalue weighted by Gasteiger charge is -2.26. The molecular weight excluding hydrogens is 327 g/mol. The van der Waals surface area contributed by atoms with E-state index < -0.39 is 17.7 Å². The number of carbonyl (C=O) groups excluding carboxylic acids is 1. The van der Waals surface area contributed by atoms with Crippen molar-refractivity contribution >= 4 is 34.8 Å². The first kappa shape index (κ1) is 15.3. The predicted octanol–water partition coefficient (Wildman–Crippen LogP) is 2.52. The molecule has 8 heteroatoms. The zero-order valence-electron chi connectivity index (χ0n) is 11.9. The highest BCUT2D eigenvalue weighted by Gasteiger charge is 2.55. The molecule has 116 valence electrons. The van der Waals surface area contributed by atoms with Crippen LogP contribution < -0.4 is 4.90 Å². The summed E-state index contributed by atoms with van der Waals surface area (Å²) >= 11 is 12.2. The smallest absolute Gasteiger partial charge is 0.237 e. The van der Waals surface area contributed by atoms with Crippen molar-refractivity contribution in [3.8, 4) is 0 Å². The molecule has 0 aliphatic carbocycles. The fraction of sp³-hybridized carbons (Fsp3) is 0.357. The van der Waals surface area contributed by atoms with Crippen LogP contribution in [-0.4, -0.2) is 31.9 Å². The third kappa shape index (κ3) is 2.18. The summed E-state index contributed by atoms with van der Waals surface area (Å²) in [5.41, 5.74) is -0.499. The number of aliphatic hydroxyl groups excluding tert-OH is 1. The molecule has 2 aromatic rings. The topological polar surface area (TPSA) is 71.2 Å². The molecule has 6 nitrogen and oxygen atoms in total. The highest BCUT2D eigenvalue weighted by atomic mass is 35.5. The van der Waals surface area contributed by atoms with Gasteiger partial charge in [-0.2, -0.15) is 5.10 Å². The van der Waals surface area contributed by atoms with Crippen LogP contribution in [0.4, 0.5) is 5.69 Å². The normalized spacial score (nSPS) is 24.0. The van der Waals surface area contributed by atoms with Crippen molar-refractivity contribution < 1.29 is 9.90 Å². The molecule has 1 amide bonds. The average Bonchev–Trinajstić information content (AvgIpc) is 3.02. The third-order valence-corrected chi connectivity index (χ3v) is 4.47. The first-order valence-electron chi connectivity index (χ1n) is 6.65. The van der Waals surface area contributed by atoms with Crippen molar-refractivity contribution in [2.45, 2.75) is 26.1 Å². The number of benzene rings is 1. The zero-order chi connectivity index (χ0) is 16.1. The van der Waals surface area contributed by atoms with Gasteiger partial charge >= 0.3 is 0 Å². The predicted molar refractivity (Wildman–Crippen MR) is 82.8 cm³/mol. The van der Waals surface area contributed by atoms with Crippen LogP contribution >= 0.6 is 23.2 Å². The summed E-state index contributed by atoms with van der Waals surface area (Å²) in [6.07, 6.45) is 1.13. The second-order valence-corrected chi connectivity index (χ2v) is 6.57. The van der Waals surface area contributed by atoms with Gasteiger partial charge in [-0.1, -0.05) is 23.2 Å². The van der Waals surface area contributed by atoms with Gasteiger partial charge in [-0.25, -0.2) is 9.67 Å². The van der Waals surface area contributed by atoms with Crippen molar-refractivity contribution in [2.24, 2.45) is 5.41 Å². The number of halogens is 2. The van der Waals surface area contributed by atoms with E-state index in [1.807, 2.05) is 0 Å². The maximum absolute atomic E-state index is 12.8. The van der Waals surface area contributed by atoms with Gasteiger partial charge in [0.1, 0.15) is 18.8 Å². The number of hydrogen-bond donors (Lipinski definition) is 1. The molecule has 2 atom stereocenters. The van der Waals surface area contributed by atoms with Crippen LogP contribution in [0.5, 0.6) is 0 Å². The average molecular weight is 341 g/mol. The Morgan fingerprint density at radius 1 is 1.32 bits per heavy atom. The van der Waals surface area contributed by atoms with E-state index in [0.29, 0.717) is 15.7 Å². The molecule has 1 aliphatic heterocycles. The molecular formula is C14H14Cl2N4O2. The van der Waals surface area contributed by atoms with Gasteiger partial charge < -0.3 is 5.11 Å². The highest BCUT2D eigenvalue weighted by Crippen LogP contribution is 2.45. The number of aliphatic hydroxyl groups is 1. The van der Waals surface area contributed by atoms with E-state index in [4.69, 9.17) is 23.2 Å². The Bertz CT molecular complexity index is 718. The molecule has 0 spiro atoms. The summed E-state index contributed by atoms with van der Waals surface area (Å²) in [6, 6.07) is 4.86. The molecule has 22 heavy (non-hydrogen) atoms. The largest absolute Gasteiger partial charge is 0.388 e. The van der Waals surface area contributed by atoms with Crippen molar-refractivity contribution in [2.75, 3.05) is 4.90 Å². The van der Waals surface area contributed by atoms with E-state index in [2.05, 4.69) is 10.1 Å². The van der Waals surface area contributed by atoms with E-state index in [-0.39, 0.29) is 5.91 Å². The van der Waals surface area contributed by atoms with Crippen molar-refractivity contribution in [3.05, 3.63) is 40.9 Å². The number of amides is 1. The van der Waals surface area contributed by atoms with E-state index >= 15 is 0 Å². The van der Waals surface area contributed by atoms with Gasteiger partial charge in [0.2, 0.25) is 5.91 Å². The Kier molecular flexibility index (Phi) is 3.63. The number of rotatable bonds is 2. The first-order valence-corrected chi connectivity index (χ1v) is 7.40. The lowest BCUT2D eigenvalue weighted by molar-refractivity contribution is -0.126. The van der Waals surface area contributed by atoms with Crippen LogP contribution in [0, 0.1) is 5.41 Å². The van der Waals surface area contributed by atoms with E-state index in [0.717, 1.165) is 0 Å². The number of hydrogen-bond acceptors (Lipinski definition) is 4. The van der Waals surface area contributed by atoms with Gasteiger partial charge in [0.15, 0.2) is 6.17 Å². The second-order valence-electron chi connectivity index (χ2n) is 5.73. The molecule has 0 bridgehead atoms. The van der Waals surface area contributed by atoms with Crippen LogP contribution in [0.3, 0.4) is 0 Å². The van der Waals surface area contributed by atoms with Gasteiger partial charge in [0, 0.05) is 5.02 Å². The molecule has 1 fully saturated rings. The Balaban J connectivity index is 2.15. The minimum Gasteiger partial charge on any atom is -0.388 e. The molecule has 1 aliphatic rings. The second kappa shape index (κ2) is 5.22. The molecule has 1 aromatic carbocycles. The van der Waals surface area contributed by atoms with Crippen LogP contribution in [0.15, 0.2) is 30.9 Å². The van der Waals surface area contributed by atoms with Gasteiger partial charge in [-0.3, -0.25) is 9.69 Å². The lowest BCUT2D eigenvalue weighted by atomic mass is 9.88. The van der Waals surface area contributed by atoms with E-state index in [1.165, 1.54) is 22.2 Å². The number of anilines is 1. The van der Waals surface area contributed by atoms with Crippen molar-refractivity contribution in [1.29, 1.82) is 0 Å².